The van der Waals surface area contributed by atoms with Crippen LogP contribution in [0.5, 0.6) is 0 Å². The number of hydrogen-bond acceptors (Lipinski definition) is 5. The van der Waals surface area contributed by atoms with Gasteiger partial charge in [-0.15, -0.1) is 10.2 Å². The minimum atomic E-state index is -0.316. The molecule has 2 aromatic heterocycles. The van der Waals surface area contributed by atoms with Gasteiger partial charge in [-0.3, -0.25) is 4.79 Å². The molecule has 1 atom stereocenters. The molecule has 2 aromatic carbocycles. The predicted octanol–water partition coefficient (Wildman–Crippen LogP) is 5.20. The second-order valence-corrected chi connectivity index (χ2v) is 7.84. The van der Waals surface area contributed by atoms with Gasteiger partial charge in [0.2, 0.25) is 0 Å². The van der Waals surface area contributed by atoms with Crippen molar-refractivity contribution in [3.8, 4) is 11.5 Å². The van der Waals surface area contributed by atoms with Crippen LogP contribution >= 0.6 is 11.8 Å². The van der Waals surface area contributed by atoms with Gasteiger partial charge < -0.3 is 9.40 Å². The minimum Gasteiger partial charge on any atom is -0.411 e. The summed E-state index contributed by atoms with van der Waals surface area (Å²) < 4.78 is 5.80. The summed E-state index contributed by atoms with van der Waals surface area (Å²) >= 11 is 1.28. The Kier molecular flexibility index (Phi) is 4.58. The van der Waals surface area contributed by atoms with Gasteiger partial charge in [0.15, 0.2) is 5.78 Å². The molecule has 0 unspecified atom stereocenters. The molecular formula is C21H19N3O2S. The number of nitrogens with zero attached hydrogens (tertiary/aromatic N) is 2. The number of carbonyl (C=O) groups excluding carboxylic acids is 1. The molecule has 4 aromatic rings. The van der Waals surface area contributed by atoms with Gasteiger partial charge in [-0.25, -0.2) is 0 Å². The van der Waals surface area contributed by atoms with Crippen LogP contribution in [0.25, 0.3) is 22.4 Å². The number of fused-ring (bicyclic) bond motifs is 1. The summed E-state index contributed by atoms with van der Waals surface area (Å²) in [6.07, 6.45) is 1.86. The summed E-state index contributed by atoms with van der Waals surface area (Å²) in [4.78, 5) is 15.9. The number of benzene rings is 2. The zero-order valence-electron chi connectivity index (χ0n) is 15.3. The van der Waals surface area contributed by atoms with Crippen LogP contribution in [0.2, 0.25) is 0 Å². The maximum atomic E-state index is 12.7. The number of nitrogens with one attached hydrogen (secondary N) is 1. The fourth-order valence-corrected chi connectivity index (χ4v) is 3.71. The Morgan fingerprint density at radius 2 is 1.93 bits per heavy atom. The van der Waals surface area contributed by atoms with Crippen molar-refractivity contribution in [2.24, 2.45) is 0 Å². The zero-order chi connectivity index (χ0) is 19.0. The lowest BCUT2D eigenvalue weighted by molar-refractivity contribution is 0.0993. The first-order valence-corrected chi connectivity index (χ1v) is 9.59. The summed E-state index contributed by atoms with van der Waals surface area (Å²) in [6, 6.07) is 13.7. The van der Waals surface area contributed by atoms with Gasteiger partial charge in [0.25, 0.3) is 11.1 Å². The maximum Gasteiger partial charge on any atom is 0.277 e. The number of rotatable bonds is 5. The van der Waals surface area contributed by atoms with E-state index in [1.54, 1.807) is 0 Å². The van der Waals surface area contributed by atoms with Crippen molar-refractivity contribution < 1.29 is 9.21 Å². The van der Waals surface area contributed by atoms with Crippen molar-refractivity contribution in [2.75, 3.05) is 0 Å². The lowest BCUT2D eigenvalue weighted by Gasteiger charge is -2.09. The van der Waals surface area contributed by atoms with E-state index >= 15 is 0 Å². The molecule has 27 heavy (non-hydrogen) atoms. The quantitative estimate of drug-likeness (QED) is 0.382. The molecular weight excluding hydrogens is 358 g/mol. The molecule has 5 nitrogen and oxygen atoms in total. The van der Waals surface area contributed by atoms with E-state index in [1.165, 1.54) is 17.3 Å². The molecule has 0 amide bonds. The summed E-state index contributed by atoms with van der Waals surface area (Å²) in [5.41, 5.74) is 4.86. The summed E-state index contributed by atoms with van der Waals surface area (Å²) in [5.74, 6) is 0.496. The number of aryl methyl sites for hydroxylation is 2. The second kappa shape index (κ2) is 7.04. The predicted molar refractivity (Wildman–Crippen MR) is 107 cm³/mol. The fraction of sp³-hybridized carbons (Fsp3) is 0.190. The standard InChI is InChI=1S/C21H19N3O2S/c1-12-8-9-15(10-13(12)2)19(25)14(3)27-21-24-23-20(26-21)17-11-22-18-7-5-4-6-16(17)18/h4-11,14,22H,1-3H3/t14-/m1/s1. The average Bonchev–Trinajstić information content (AvgIpc) is 3.30. The molecule has 0 saturated carbocycles. The Morgan fingerprint density at radius 1 is 1.11 bits per heavy atom. The van der Waals surface area contributed by atoms with Gasteiger partial charge in [0.1, 0.15) is 0 Å². The number of thioether (sulfide) groups is 1. The van der Waals surface area contributed by atoms with Gasteiger partial charge >= 0.3 is 0 Å². The van der Waals surface area contributed by atoms with E-state index in [4.69, 9.17) is 4.42 Å². The lowest BCUT2D eigenvalue weighted by atomic mass is 10.0. The van der Waals surface area contributed by atoms with E-state index in [-0.39, 0.29) is 11.0 Å². The molecule has 6 heteroatoms. The normalized spacial score (nSPS) is 12.4. The Bertz CT molecular complexity index is 1130. The van der Waals surface area contributed by atoms with E-state index in [0.717, 1.165) is 22.0 Å². The van der Waals surface area contributed by atoms with Gasteiger partial charge in [0, 0.05) is 22.7 Å². The number of para-hydroxylation sites is 1. The highest BCUT2D eigenvalue weighted by Gasteiger charge is 2.21. The van der Waals surface area contributed by atoms with E-state index in [9.17, 15) is 4.79 Å². The van der Waals surface area contributed by atoms with Crippen LogP contribution in [0.4, 0.5) is 0 Å². The molecule has 0 fully saturated rings. The number of Topliss-reactive ketones (excluding diaryl/α,β-unsaturated/α-hetero) is 1. The third-order valence-electron chi connectivity index (χ3n) is 4.66. The summed E-state index contributed by atoms with van der Waals surface area (Å²) in [7, 11) is 0. The van der Waals surface area contributed by atoms with Crippen molar-refractivity contribution in [3.63, 3.8) is 0 Å². The van der Waals surface area contributed by atoms with Crippen LogP contribution in [0.1, 0.15) is 28.4 Å². The van der Waals surface area contributed by atoms with Crippen LogP contribution in [-0.2, 0) is 0 Å². The fourth-order valence-electron chi connectivity index (χ4n) is 2.95. The summed E-state index contributed by atoms with van der Waals surface area (Å²) in [6.45, 7) is 5.90. The van der Waals surface area contributed by atoms with Crippen LogP contribution in [0.15, 0.2) is 58.3 Å². The average molecular weight is 377 g/mol. The highest BCUT2D eigenvalue weighted by molar-refractivity contribution is 8.00. The largest absolute Gasteiger partial charge is 0.411 e. The monoisotopic (exact) mass is 377 g/mol. The summed E-state index contributed by atoms with van der Waals surface area (Å²) in [5, 5.41) is 9.36. The SMILES string of the molecule is Cc1ccc(C(=O)[C@@H](C)Sc2nnc(-c3c[nH]c4ccccc34)o2)cc1C. The topological polar surface area (TPSA) is 71.8 Å². The van der Waals surface area contributed by atoms with Crippen LogP contribution in [-0.4, -0.2) is 26.2 Å². The Hall–Kier alpha value is -2.86. The molecule has 1 N–H and O–H groups in total. The number of hydrogen-bond donors (Lipinski definition) is 1. The molecule has 0 radical (unpaired) electrons. The molecule has 4 rings (SSSR count). The molecule has 2 heterocycles. The molecule has 0 aliphatic heterocycles. The van der Waals surface area contributed by atoms with Crippen LogP contribution < -0.4 is 0 Å². The molecule has 136 valence electrons. The van der Waals surface area contributed by atoms with Crippen molar-refractivity contribution in [1.29, 1.82) is 0 Å². The Balaban J connectivity index is 1.53. The molecule has 0 aliphatic carbocycles. The second-order valence-electron chi connectivity index (χ2n) is 6.54. The molecule has 0 saturated heterocycles. The van der Waals surface area contributed by atoms with Gasteiger partial charge in [0.05, 0.1) is 10.8 Å². The number of ketones is 1. The Morgan fingerprint density at radius 3 is 2.74 bits per heavy atom. The van der Waals surface area contributed by atoms with Gasteiger partial charge in [-0.05, 0) is 44.0 Å². The first kappa shape index (κ1) is 17.5. The number of H-pyrrole nitrogens is 1. The lowest BCUT2D eigenvalue weighted by Crippen LogP contribution is -2.13. The maximum absolute atomic E-state index is 12.7. The third kappa shape index (κ3) is 3.40. The van der Waals surface area contributed by atoms with Gasteiger partial charge in [-0.1, -0.05) is 42.1 Å². The van der Waals surface area contributed by atoms with Crippen molar-refractivity contribution in [3.05, 3.63) is 65.4 Å². The van der Waals surface area contributed by atoms with Crippen molar-refractivity contribution >= 4 is 28.4 Å². The molecule has 0 spiro atoms. The highest BCUT2D eigenvalue weighted by atomic mass is 32.2. The van der Waals surface area contributed by atoms with E-state index < -0.39 is 0 Å². The number of carbonyl (C=O) groups is 1. The third-order valence-corrected chi connectivity index (χ3v) is 5.60. The van der Waals surface area contributed by atoms with Crippen molar-refractivity contribution in [1.82, 2.24) is 15.2 Å². The number of aromatic amines is 1. The highest BCUT2D eigenvalue weighted by Crippen LogP contribution is 2.31. The van der Waals surface area contributed by atoms with Crippen LogP contribution in [0, 0.1) is 13.8 Å². The van der Waals surface area contributed by atoms with E-state index in [0.29, 0.717) is 16.7 Å². The Labute approximate surface area is 161 Å². The number of aromatic nitrogens is 3. The van der Waals surface area contributed by atoms with Crippen molar-refractivity contribution in [2.45, 2.75) is 31.2 Å². The van der Waals surface area contributed by atoms with E-state index in [1.807, 2.05) is 69.4 Å². The van der Waals surface area contributed by atoms with E-state index in [2.05, 4.69) is 15.2 Å². The molecule has 0 bridgehead atoms. The zero-order valence-corrected chi connectivity index (χ0v) is 16.1. The smallest absolute Gasteiger partial charge is 0.277 e. The van der Waals surface area contributed by atoms with Crippen LogP contribution in [0.3, 0.4) is 0 Å². The first-order valence-electron chi connectivity index (χ1n) is 8.71. The first-order chi connectivity index (χ1) is 13.0. The molecule has 0 aliphatic rings. The minimum absolute atomic E-state index is 0.0509. The van der Waals surface area contributed by atoms with Gasteiger partial charge in [-0.2, -0.15) is 0 Å².